The van der Waals surface area contributed by atoms with Gasteiger partial charge in [-0.25, -0.2) is 0 Å². The fourth-order valence-electron chi connectivity index (χ4n) is 8.24. The first-order valence-electron chi connectivity index (χ1n) is 24.8. The average molecular weight is 989 g/mol. The maximum Gasteiger partial charge on any atom is 0.0826 e. The summed E-state index contributed by atoms with van der Waals surface area (Å²) in [5, 5.41) is 35.8. The number of unbranched alkanes of at least 4 members (excludes halogenated alkanes) is 3. The number of aliphatic hydroxyl groups is 2. The summed E-state index contributed by atoms with van der Waals surface area (Å²) in [6.07, 6.45) is 7.18. The summed E-state index contributed by atoms with van der Waals surface area (Å²) >= 11 is 3.60. The Balaban J connectivity index is 0.743. The van der Waals surface area contributed by atoms with Crippen LogP contribution in [-0.2, 0) is 0 Å². The van der Waals surface area contributed by atoms with Gasteiger partial charge in [0.2, 0.25) is 0 Å². The zero-order valence-electron chi connectivity index (χ0n) is 40.7. The Morgan fingerprint density at radius 1 is 0.333 bits per heavy atom. The second-order valence-electron chi connectivity index (χ2n) is 17.4. The molecule has 0 aliphatic heterocycles. The molecule has 0 aliphatic rings. The van der Waals surface area contributed by atoms with E-state index in [1.54, 1.807) is 23.5 Å². The van der Waals surface area contributed by atoms with E-state index >= 15 is 0 Å². The van der Waals surface area contributed by atoms with E-state index in [1.165, 1.54) is 0 Å². The highest BCUT2D eigenvalue weighted by atomic mass is 32.2. The normalized spacial score (nSPS) is 12.2. The van der Waals surface area contributed by atoms with Gasteiger partial charge in [0.05, 0.1) is 49.1 Å². The van der Waals surface area contributed by atoms with Crippen LogP contribution in [0.1, 0.15) is 36.8 Å². The van der Waals surface area contributed by atoms with Crippen LogP contribution >= 0.6 is 23.5 Å². The molecule has 0 aromatic heterocycles. The zero-order valence-corrected chi connectivity index (χ0v) is 42.3. The van der Waals surface area contributed by atoms with Crippen molar-refractivity contribution in [2.75, 3.05) is 55.9 Å². The Hall–Kier alpha value is -7.08. The highest BCUT2D eigenvalue weighted by Crippen LogP contribution is 2.35. The first kappa shape index (κ1) is 51.3. The number of hydrazone groups is 2. The van der Waals surface area contributed by atoms with Gasteiger partial charge in [-0.1, -0.05) is 146 Å². The number of thioether (sulfide) groups is 2. The lowest BCUT2D eigenvalue weighted by Crippen LogP contribution is -2.30. The van der Waals surface area contributed by atoms with E-state index in [4.69, 9.17) is 10.2 Å². The highest BCUT2D eigenvalue weighted by molar-refractivity contribution is 7.99. The molecule has 0 spiro atoms. The fourth-order valence-corrected chi connectivity index (χ4v) is 10.1. The van der Waals surface area contributed by atoms with E-state index in [1.807, 2.05) is 107 Å². The summed E-state index contributed by atoms with van der Waals surface area (Å²) in [6.45, 7) is 0.801. The van der Waals surface area contributed by atoms with Gasteiger partial charge >= 0.3 is 0 Å². The molecular weight excluding hydrogens is 925 g/mol. The van der Waals surface area contributed by atoms with Gasteiger partial charge in [0.25, 0.3) is 0 Å². The van der Waals surface area contributed by atoms with Crippen molar-refractivity contribution in [2.45, 2.75) is 37.9 Å². The molecule has 366 valence electrons. The van der Waals surface area contributed by atoms with Gasteiger partial charge in [0.15, 0.2) is 0 Å². The van der Waals surface area contributed by atoms with Gasteiger partial charge in [-0.3, -0.25) is 10.0 Å². The molecule has 0 bridgehead atoms. The first-order valence-corrected chi connectivity index (χ1v) is 27.1. The van der Waals surface area contributed by atoms with Crippen LogP contribution in [0.3, 0.4) is 0 Å². The third-order valence-corrected chi connectivity index (χ3v) is 14.3. The van der Waals surface area contributed by atoms with Crippen molar-refractivity contribution in [3.8, 4) is 0 Å². The third-order valence-electron chi connectivity index (χ3n) is 11.9. The number of hydrogen-bond acceptors (Lipinski definition) is 10. The predicted octanol–water partition coefficient (Wildman–Crippen LogP) is 14.8. The van der Waals surface area contributed by atoms with E-state index in [0.717, 1.165) is 93.8 Å². The Morgan fingerprint density at radius 2 is 0.597 bits per heavy atom. The van der Waals surface area contributed by atoms with Crippen molar-refractivity contribution in [3.63, 3.8) is 0 Å². The van der Waals surface area contributed by atoms with Gasteiger partial charge in [-0.05, 0) is 133 Å². The second-order valence-corrected chi connectivity index (χ2v) is 19.7. The molecule has 2 unspecified atom stereocenters. The number of nitrogens with zero attached hydrogens (tertiary/aromatic N) is 6. The predicted molar refractivity (Wildman–Crippen MR) is 310 cm³/mol. The monoisotopic (exact) mass is 988 g/mol. The molecule has 2 atom stereocenters. The largest absolute Gasteiger partial charge is 0.390 e. The van der Waals surface area contributed by atoms with E-state index in [2.05, 4.69) is 155 Å². The van der Waals surface area contributed by atoms with E-state index in [9.17, 15) is 10.2 Å². The van der Waals surface area contributed by atoms with Crippen LogP contribution < -0.4 is 19.8 Å². The minimum atomic E-state index is -0.533. The Kier molecular flexibility index (Phi) is 20.0. The topological polar surface area (TPSA) is 78.1 Å². The number of benzene rings is 8. The van der Waals surface area contributed by atoms with E-state index in [0.29, 0.717) is 24.6 Å². The fraction of sp³-hybridized carbons (Fsp3) is 0.194. The van der Waals surface area contributed by atoms with Crippen molar-refractivity contribution in [1.29, 1.82) is 0 Å². The van der Waals surface area contributed by atoms with Crippen LogP contribution in [0.15, 0.2) is 241 Å². The molecule has 2 N–H and O–H groups in total. The molecule has 0 fully saturated rings. The van der Waals surface area contributed by atoms with Crippen molar-refractivity contribution in [3.05, 3.63) is 242 Å². The standard InChI is InChI=1S/C62H64N6O2S2/c69-61(47-65(53-23-9-3-10-24-53)63-45-51-35-39-59(40-36-51)67(55-27-13-5-14-28-55)56-29-15-6-16-30-56)49-71-43-21-1-2-22-44-72-50-62(70)48-66(54-25-11-4-12-26-54)64-46-52-37-41-60(42-38-52)68(57-31-17-7-18-32-57)58-33-19-8-20-34-58/h3-20,23-42,45-46,61-62,69-70H,1-2,21-22,43-44,47-50H2. The van der Waals surface area contributed by atoms with Crippen LogP contribution in [0.25, 0.3) is 0 Å². The lowest BCUT2D eigenvalue weighted by Gasteiger charge is -2.25. The van der Waals surface area contributed by atoms with Crippen molar-refractivity contribution in [2.24, 2.45) is 10.2 Å². The SMILES string of the molecule is OC(CSCCCCCCSCC(O)CN(N=Cc1ccc(N(c2ccccc2)c2ccccc2)cc1)c1ccccc1)CN(N=Cc1ccc(N(c2ccccc2)c2ccccc2)cc1)c1ccccc1. The van der Waals surface area contributed by atoms with E-state index in [-0.39, 0.29) is 0 Å². The molecule has 0 aliphatic carbocycles. The maximum atomic E-state index is 11.2. The van der Waals surface area contributed by atoms with Gasteiger partial charge < -0.3 is 20.0 Å². The highest BCUT2D eigenvalue weighted by Gasteiger charge is 2.16. The maximum absolute atomic E-state index is 11.2. The van der Waals surface area contributed by atoms with Crippen molar-refractivity contribution in [1.82, 2.24) is 0 Å². The molecule has 72 heavy (non-hydrogen) atoms. The molecule has 8 aromatic carbocycles. The summed E-state index contributed by atoms with van der Waals surface area (Å²) in [5.41, 5.74) is 10.3. The summed E-state index contributed by atoms with van der Waals surface area (Å²) in [7, 11) is 0. The van der Waals surface area contributed by atoms with Crippen LogP contribution in [-0.4, -0.2) is 71.0 Å². The molecular formula is C62H64N6O2S2. The lowest BCUT2D eigenvalue weighted by atomic mass is 10.1. The van der Waals surface area contributed by atoms with Gasteiger partial charge in [0.1, 0.15) is 0 Å². The van der Waals surface area contributed by atoms with Gasteiger partial charge in [0, 0.05) is 45.6 Å². The summed E-state index contributed by atoms with van der Waals surface area (Å²) in [5.74, 6) is 3.31. The second kappa shape index (κ2) is 28.1. The van der Waals surface area contributed by atoms with Crippen LogP contribution in [0.2, 0.25) is 0 Å². The van der Waals surface area contributed by atoms with Gasteiger partial charge in [-0.15, -0.1) is 0 Å². The molecule has 0 saturated heterocycles. The summed E-state index contributed by atoms with van der Waals surface area (Å²) in [4.78, 5) is 4.48. The first-order chi connectivity index (χ1) is 35.6. The van der Waals surface area contributed by atoms with Crippen molar-refractivity contribution < 1.29 is 10.2 Å². The van der Waals surface area contributed by atoms with Crippen molar-refractivity contribution >= 4 is 81.5 Å². The summed E-state index contributed by atoms with van der Waals surface area (Å²) in [6, 6.07) is 78.5. The number of hydrogen-bond donors (Lipinski definition) is 2. The van der Waals surface area contributed by atoms with Gasteiger partial charge in [-0.2, -0.15) is 33.7 Å². The van der Waals surface area contributed by atoms with Crippen LogP contribution in [0.5, 0.6) is 0 Å². The Labute approximate surface area is 435 Å². The quantitative estimate of drug-likeness (QED) is 0.0300. The minimum absolute atomic E-state index is 0.401. The smallest absolute Gasteiger partial charge is 0.0826 e. The van der Waals surface area contributed by atoms with Crippen LogP contribution in [0.4, 0.5) is 45.5 Å². The minimum Gasteiger partial charge on any atom is -0.390 e. The Bertz CT molecular complexity index is 2520. The third kappa shape index (κ3) is 15.7. The molecule has 8 aromatic rings. The average Bonchev–Trinajstić information content (AvgIpc) is 3.44. The zero-order chi connectivity index (χ0) is 49.4. The molecule has 0 saturated carbocycles. The number of aliphatic hydroxyl groups excluding tert-OH is 2. The molecule has 0 amide bonds. The molecule has 8 nitrogen and oxygen atoms in total. The van der Waals surface area contributed by atoms with Crippen LogP contribution in [0, 0.1) is 0 Å². The van der Waals surface area contributed by atoms with E-state index < -0.39 is 12.2 Å². The Morgan fingerprint density at radius 3 is 0.889 bits per heavy atom. The molecule has 0 radical (unpaired) electrons. The lowest BCUT2D eigenvalue weighted by molar-refractivity contribution is 0.204. The number of para-hydroxylation sites is 6. The number of rotatable bonds is 27. The molecule has 0 heterocycles. The summed E-state index contributed by atoms with van der Waals surface area (Å²) < 4.78 is 0. The molecule has 8 rings (SSSR count). The molecule has 10 heteroatoms. The number of anilines is 8.